The number of hydrogen-bond acceptors (Lipinski definition) is 4. The predicted molar refractivity (Wildman–Crippen MR) is 79.7 cm³/mol. The Kier molecular flexibility index (Phi) is 6.24. The molecular weight excluding hydrogens is 270 g/mol. The number of primary amides is 1. The zero-order valence-electron chi connectivity index (χ0n) is 12.2. The smallest absolute Gasteiger partial charge is 0.254 e. The van der Waals surface area contributed by atoms with E-state index < -0.39 is 5.91 Å². The van der Waals surface area contributed by atoms with Crippen molar-refractivity contribution in [2.45, 2.75) is 6.92 Å². The monoisotopic (exact) mass is 289 g/mol. The largest absolute Gasteiger partial charge is 0.495 e. The first-order chi connectivity index (χ1) is 10.0. The van der Waals surface area contributed by atoms with Crippen LogP contribution in [0, 0.1) is 11.8 Å². The molecule has 0 fully saturated rings. The molecule has 6 nitrogen and oxygen atoms in total. The second-order valence-electron chi connectivity index (χ2n) is 4.21. The molecule has 6 heteroatoms. The van der Waals surface area contributed by atoms with Crippen LogP contribution in [0.5, 0.6) is 5.75 Å². The zero-order chi connectivity index (χ0) is 15.8. The third-order valence-corrected chi connectivity index (χ3v) is 2.79. The highest BCUT2D eigenvalue weighted by Crippen LogP contribution is 2.19. The van der Waals surface area contributed by atoms with Crippen molar-refractivity contribution in [1.29, 1.82) is 0 Å². The van der Waals surface area contributed by atoms with Crippen molar-refractivity contribution in [3.63, 3.8) is 0 Å². The summed E-state index contributed by atoms with van der Waals surface area (Å²) in [5, 5.41) is 0. The Morgan fingerprint density at radius 3 is 2.62 bits per heavy atom. The normalized spacial score (nSPS) is 9.48. The first-order valence-electron chi connectivity index (χ1n) is 6.48. The minimum Gasteiger partial charge on any atom is -0.495 e. The maximum Gasteiger partial charge on any atom is 0.254 e. The molecule has 2 amide bonds. The molecule has 0 unspecified atom stereocenters. The minimum absolute atomic E-state index is 0.120. The number of methoxy groups -OCH3 is 1. The molecule has 1 aromatic carbocycles. The maximum atomic E-state index is 12.3. The van der Waals surface area contributed by atoms with E-state index in [1.165, 1.54) is 12.0 Å². The lowest BCUT2D eigenvalue weighted by molar-refractivity contribution is -0.118. The van der Waals surface area contributed by atoms with Crippen molar-refractivity contribution >= 4 is 11.8 Å². The van der Waals surface area contributed by atoms with Gasteiger partial charge in [-0.15, -0.1) is 0 Å². The summed E-state index contributed by atoms with van der Waals surface area (Å²) in [6, 6.07) is 4.90. The van der Waals surface area contributed by atoms with Crippen molar-refractivity contribution in [2.75, 3.05) is 26.7 Å². The zero-order valence-corrected chi connectivity index (χ0v) is 12.2. The molecule has 0 atom stereocenters. The molecule has 0 aliphatic rings. The number of carbonyl (C=O) groups excluding carboxylic acids is 2. The number of hydrogen-bond donors (Lipinski definition) is 2. The lowest BCUT2D eigenvalue weighted by Crippen LogP contribution is -2.38. The van der Waals surface area contributed by atoms with Crippen LogP contribution in [0.1, 0.15) is 22.8 Å². The summed E-state index contributed by atoms with van der Waals surface area (Å²) in [4.78, 5) is 24.7. The van der Waals surface area contributed by atoms with E-state index in [2.05, 4.69) is 11.8 Å². The molecule has 0 heterocycles. The van der Waals surface area contributed by atoms with E-state index in [0.29, 0.717) is 23.4 Å². The van der Waals surface area contributed by atoms with Gasteiger partial charge in [0.2, 0.25) is 5.91 Å². The van der Waals surface area contributed by atoms with Crippen LogP contribution in [0.2, 0.25) is 0 Å². The minimum atomic E-state index is -0.554. The summed E-state index contributed by atoms with van der Waals surface area (Å²) in [5.74, 6) is 5.30. The second-order valence-corrected chi connectivity index (χ2v) is 4.21. The molecular formula is C15H19N3O3. The fraction of sp³-hybridized carbons (Fsp3) is 0.333. The molecule has 0 bridgehead atoms. The highest BCUT2D eigenvalue weighted by Gasteiger charge is 2.17. The van der Waals surface area contributed by atoms with Gasteiger partial charge in [0.1, 0.15) is 5.75 Å². The number of ether oxygens (including phenoxy) is 1. The first-order valence-corrected chi connectivity index (χ1v) is 6.48. The fourth-order valence-corrected chi connectivity index (χ4v) is 1.78. The standard InChI is InChI=1S/C15H19N3O3/c1-3-18(10-14(17)19)15(20)12-6-7-13(21-2)11(9-12)5-4-8-16/h6-7,9H,3,8,10,16H2,1-2H3,(H2,17,19). The number of likely N-dealkylation sites (N-methyl/N-ethyl adjacent to an activating group) is 1. The lowest BCUT2D eigenvalue weighted by Gasteiger charge is -2.19. The quantitative estimate of drug-likeness (QED) is 0.743. The van der Waals surface area contributed by atoms with Gasteiger partial charge < -0.3 is 21.1 Å². The van der Waals surface area contributed by atoms with Crippen molar-refractivity contribution in [1.82, 2.24) is 4.90 Å². The van der Waals surface area contributed by atoms with Crippen LogP contribution in [0.3, 0.4) is 0 Å². The van der Waals surface area contributed by atoms with Crippen molar-refractivity contribution in [2.24, 2.45) is 11.5 Å². The SMILES string of the molecule is CCN(CC(N)=O)C(=O)c1ccc(OC)c(C#CCN)c1. The van der Waals surface area contributed by atoms with Gasteiger partial charge in [-0.1, -0.05) is 11.8 Å². The number of amides is 2. The molecule has 0 aromatic heterocycles. The van der Waals surface area contributed by atoms with Gasteiger partial charge in [-0.05, 0) is 25.1 Å². The first kappa shape index (κ1) is 16.5. The summed E-state index contributed by atoms with van der Waals surface area (Å²) in [6.45, 7) is 2.26. The van der Waals surface area contributed by atoms with E-state index in [9.17, 15) is 9.59 Å². The molecule has 21 heavy (non-hydrogen) atoms. The summed E-state index contributed by atoms with van der Waals surface area (Å²) in [7, 11) is 1.52. The van der Waals surface area contributed by atoms with E-state index in [0.717, 1.165) is 0 Å². The molecule has 0 spiro atoms. The molecule has 0 saturated heterocycles. The Morgan fingerprint density at radius 1 is 1.38 bits per heavy atom. The number of nitrogens with zero attached hydrogens (tertiary/aromatic N) is 1. The second kappa shape index (κ2) is 7.92. The average Bonchev–Trinajstić information content (AvgIpc) is 2.49. The van der Waals surface area contributed by atoms with Crippen molar-refractivity contribution < 1.29 is 14.3 Å². The van der Waals surface area contributed by atoms with Crippen molar-refractivity contribution in [3.8, 4) is 17.6 Å². The Labute approximate surface area is 124 Å². The number of rotatable bonds is 5. The molecule has 0 saturated carbocycles. The summed E-state index contributed by atoms with van der Waals surface area (Å²) >= 11 is 0. The van der Waals surface area contributed by atoms with Crippen LogP contribution in [-0.4, -0.2) is 43.5 Å². The Morgan fingerprint density at radius 2 is 2.10 bits per heavy atom. The van der Waals surface area contributed by atoms with Gasteiger partial charge in [-0.3, -0.25) is 9.59 Å². The van der Waals surface area contributed by atoms with Gasteiger partial charge in [0, 0.05) is 12.1 Å². The van der Waals surface area contributed by atoms with Crippen LogP contribution in [0.4, 0.5) is 0 Å². The van der Waals surface area contributed by atoms with E-state index in [1.807, 2.05) is 0 Å². The fourth-order valence-electron chi connectivity index (χ4n) is 1.78. The van der Waals surface area contributed by atoms with Gasteiger partial charge in [0.05, 0.1) is 25.8 Å². The van der Waals surface area contributed by atoms with Gasteiger partial charge in [0.25, 0.3) is 5.91 Å². The van der Waals surface area contributed by atoms with E-state index >= 15 is 0 Å². The Hall–Kier alpha value is -2.52. The third kappa shape index (κ3) is 4.51. The van der Waals surface area contributed by atoms with Crippen LogP contribution in [0.15, 0.2) is 18.2 Å². The Bertz CT molecular complexity index is 588. The molecule has 0 aliphatic heterocycles. The highest BCUT2D eigenvalue weighted by atomic mass is 16.5. The lowest BCUT2D eigenvalue weighted by atomic mass is 10.1. The molecule has 0 radical (unpaired) electrons. The van der Waals surface area contributed by atoms with E-state index in [1.54, 1.807) is 25.1 Å². The van der Waals surface area contributed by atoms with Gasteiger partial charge >= 0.3 is 0 Å². The summed E-state index contributed by atoms with van der Waals surface area (Å²) < 4.78 is 5.19. The number of benzene rings is 1. The van der Waals surface area contributed by atoms with E-state index in [-0.39, 0.29) is 19.0 Å². The Balaban J connectivity index is 3.12. The van der Waals surface area contributed by atoms with Gasteiger partial charge in [-0.2, -0.15) is 0 Å². The number of nitrogens with two attached hydrogens (primary N) is 2. The summed E-state index contributed by atoms with van der Waals surface area (Å²) in [5.41, 5.74) is 11.5. The van der Waals surface area contributed by atoms with Crippen LogP contribution in [-0.2, 0) is 4.79 Å². The molecule has 0 aliphatic carbocycles. The van der Waals surface area contributed by atoms with Gasteiger partial charge in [-0.25, -0.2) is 0 Å². The highest BCUT2D eigenvalue weighted by molar-refractivity contribution is 5.96. The third-order valence-electron chi connectivity index (χ3n) is 2.79. The van der Waals surface area contributed by atoms with Crippen LogP contribution >= 0.6 is 0 Å². The maximum absolute atomic E-state index is 12.3. The topological polar surface area (TPSA) is 98.6 Å². The van der Waals surface area contributed by atoms with E-state index in [4.69, 9.17) is 16.2 Å². The molecule has 1 aromatic rings. The van der Waals surface area contributed by atoms with Crippen LogP contribution < -0.4 is 16.2 Å². The molecule has 1 rings (SSSR count). The molecule has 112 valence electrons. The molecule has 4 N–H and O–H groups in total. The predicted octanol–water partition coefficient (Wildman–Crippen LogP) is -0.0472. The number of carbonyl (C=O) groups is 2. The average molecular weight is 289 g/mol. The summed E-state index contributed by atoms with van der Waals surface area (Å²) in [6.07, 6.45) is 0. The van der Waals surface area contributed by atoms with Gasteiger partial charge in [0.15, 0.2) is 0 Å². The van der Waals surface area contributed by atoms with Crippen LogP contribution in [0.25, 0.3) is 0 Å². The van der Waals surface area contributed by atoms with Crippen molar-refractivity contribution in [3.05, 3.63) is 29.3 Å².